The van der Waals surface area contributed by atoms with E-state index in [2.05, 4.69) is 27.8 Å². The number of hydrogen-bond donors (Lipinski definition) is 1. The molecule has 1 aromatic rings. The summed E-state index contributed by atoms with van der Waals surface area (Å²) in [7, 11) is 0. The van der Waals surface area contributed by atoms with Gasteiger partial charge in [0, 0.05) is 12.1 Å². The number of carbonyl (C=O) groups excluding carboxylic acids is 1. The Kier molecular flexibility index (Phi) is 8.07. The Hall–Kier alpha value is -1.74. The Bertz CT molecular complexity index is 518. The van der Waals surface area contributed by atoms with Crippen molar-refractivity contribution in [1.29, 1.82) is 0 Å². The Morgan fingerprint density at radius 2 is 2.08 bits per heavy atom. The summed E-state index contributed by atoms with van der Waals surface area (Å²) in [4.78, 5) is 11.4. The topological polar surface area (TPSA) is 100 Å². The number of hydrogen-bond acceptors (Lipinski definition) is 8. The zero-order valence-electron chi connectivity index (χ0n) is 15.3. The molecule has 0 amide bonds. The molecule has 1 fully saturated rings. The Morgan fingerprint density at radius 3 is 2.80 bits per heavy atom. The van der Waals surface area contributed by atoms with Crippen LogP contribution in [0.25, 0.3) is 0 Å². The maximum Gasteiger partial charge on any atom is 0.510 e. The van der Waals surface area contributed by atoms with Crippen LogP contribution < -0.4 is 5.32 Å². The van der Waals surface area contributed by atoms with Crippen molar-refractivity contribution >= 4 is 6.16 Å². The fourth-order valence-electron chi connectivity index (χ4n) is 2.98. The fourth-order valence-corrected chi connectivity index (χ4v) is 2.98. The van der Waals surface area contributed by atoms with E-state index in [0.717, 1.165) is 0 Å². The van der Waals surface area contributed by atoms with Crippen molar-refractivity contribution < 1.29 is 19.0 Å². The number of ether oxygens (including phenoxy) is 3. The van der Waals surface area contributed by atoms with Crippen molar-refractivity contribution in [2.75, 3.05) is 13.2 Å². The number of nitrogens with one attached hydrogen (secondary N) is 1. The van der Waals surface area contributed by atoms with Crippen molar-refractivity contribution in [3.63, 3.8) is 0 Å². The first-order valence-electron chi connectivity index (χ1n) is 9.04. The molecular weight excluding hydrogens is 326 g/mol. The molecule has 0 aliphatic heterocycles. The molecule has 0 aromatic carbocycles. The van der Waals surface area contributed by atoms with Crippen molar-refractivity contribution in [3.8, 4) is 0 Å². The standard InChI is InChI=1S/C16H29N5O4/c1-4-24-16(22)25-13(3)21-15(18-19-20-21)11-23-10-12(2)17-14-8-6-5-7-9-14/h12-14,17H,4-11H2,1-3H3/t12-,13+/m1/s1. The molecule has 1 N–H and O–H groups in total. The van der Waals surface area contributed by atoms with Gasteiger partial charge in [-0.2, -0.15) is 4.68 Å². The second kappa shape index (κ2) is 10.3. The van der Waals surface area contributed by atoms with E-state index in [9.17, 15) is 4.79 Å². The van der Waals surface area contributed by atoms with Crippen LogP contribution in [0, 0.1) is 0 Å². The third-order valence-corrected chi connectivity index (χ3v) is 4.16. The van der Waals surface area contributed by atoms with Crippen LogP contribution in [0.5, 0.6) is 0 Å². The molecule has 25 heavy (non-hydrogen) atoms. The molecule has 1 heterocycles. The molecule has 9 nitrogen and oxygen atoms in total. The second-order valence-electron chi connectivity index (χ2n) is 6.36. The van der Waals surface area contributed by atoms with Gasteiger partial charge in [-0.15, -0.1) is 5.10 Å². The number of carbonyl (C=O) groups is 1. The van der Waals surface area contributed by atoms with Gasteiger partial charge >= 0.3 is 6.16 Å². The monoisotopic (exact) mass is 355 g/mol. The lowest BCUT2D eigenvalue weighted by Gasteiger charge is -2.26. The molecule has 0 saturated heterocycles. The SMILES string of the molecule is CCOC(=O)O[C@@H](C)n1nnnc1COC[C@@H](C)NC1CCCCC1. The smallest absolute Gasteiger partial charge is 0.435 e. The third kappa shape index (κ3) is 6.58. The molecule has 0 unspecified atom stereocenters. The predicted octanol–water partition coefficient (Wildman–Crippen LogP) is 2.19. The van der Waals surface area contributed by atoms with Crippen LogP contribution in [0.1, 0.15) is 64.9 Å². The Labute approximate surface area is 148 Å². The third-order valence-electron chi connectivity index (χ3n) is 4.16. The molecule has 142 valence electrons. The summed E-state index contributed by atoms with van der Waals surface area (Å²) in [5.74, 6) is 0.502. The van der Waals surface area contributed by atoms with Gasteiger partial charge in [0.15, 0.2) is 12.1 Å². The van der Waals surface area contributed by atoms with Gasteiger partial charge < -0.3 is 19.5 Å². The highest BCUT2D eigenvalue weighted by Crippen LogP contribution is 2.18. The van der Waals surface area contributed by atoms with Gasteiger partial charge in [-0.3, -0.25) is 0 Å². The summed E-state index contributed by atoms with van der Waals surface area (Å²) in [5, 5.41) is 15.0. The molecule has 0 radical (unpaired) electrons. The molecule has 9 heteroatoms. The van der Waals surface area contributed by atoms with E-state index < -0.39 is 12.4 Å². The lowest BCUT2D eigenvalue weighted by Crippen LogP contribution is -2.40. The summed E-state index contributed by atoms with van der Waals surface area (Å²) in [6, 6.07) is 0.858. The quantitative estimate of drug-likeness (QED) is 0.673. The van der Waals surface area contributed by atoms with Crippen molar-refractivity contribution in [2.24, 2.45) is 0 Å². The first-order chi connectivity index (χ1) is 12.1. The van der Waals surface area contributed by atoms with E-state index in [0.29, 0.717) is 18.5 Å². The normalized spacial score (nSPS) is 17.9. The van der Waals surface area contributed by atoms with Gasteiger partial charge in [0.1, 0.15) is 6.61 Å². The van der Waals surface area contributed by atoms with Gasteiger partial charge in [-0.25, -0.2) is 4.79 Å². The highest BCUT2D eigenvalue weighted by molar-refractivity contribution is 5.59. The van der Waals surface area contributed by atoms with Crippen molar-refractivity contribution in [2.45, 2.75) is 77.8 Å². The average Bonchev–Trinajstić information content (AvgIpc) is 3.04. The molecule has 2 rings (SSSR count). The zero-order valence-corrected chi connectivity index (χ0v) is 15.3. The van der Waals surface area contributed by atoms with Crippen LogP contribution in [0.2, 0.25) is 0 Å². The second-order valence-corrected chi connectivity index (χ2v) is 6.36. The van der Waals surface area contributed by atoms with E-state index in [1.54, 1.807) is 13.8 Å². The largest absolute Gasteiger partial charge is 0.510 e. The molecule has 0 bridgehead atoms. The van der Waals surface area contributed by atoms with E-state index >= 15 is 0 Å². The highest BCUT2D eigenvalue weighted by atomic mass is 16.7. The summed E-state index contributed by atoms with van der Waals surface area (Å²) in [5.41, 5.74) is 0. The van der Waals surface area contributed by atoms with Gasteiger partial charge in [0.2, 0.25) is 0 Å². The van der Waals surface area contributed by atoms with E-state index in [4.69, 9.17) is 14.2 Å². The predicted molar refractivity (Wildman–Crippen MR) is 89.8 cm³/mol. The van der Waals surface area contributed by atoms with Crippen LogP contribution >= 0.6 is 0 Å². The van der Waals surface area contributed by atoms with Gasteiger partial charge in [0.25, 0.3) is 0 Å². The summed E-state index contributed by atoms with van der Waals surface area (Å²) < 4.78 is 17.0. The summed E-state index contributed by atoms with van der Waals surface area (Å²) in [6.45, 7) is 6.57. The number of tetrazole rings is 1. The molecule has 1 aromatic heterocycles. The Morgan fingerprint density at radius 1 is 1.32 bits per heavy atom. The lowest BCUT2D eigenvalue weighted by molar-refractivity contribution is -0.00388. The maximum atomic E-state index is 11.4. The van der Waals surface area contributed by atoms with Crippen LogP contribution in [0.15, 0.2) is 0 Å². The number of aromatic nitrogens is 4. The van der Waals surface area contributed by atoms with Crippen molar-refractivity contribution in [3.05, 3.63) is 5.82 Å². The fraction of sp³-hybridized carbons (Fsp3) is 0.875. The zero-order chi connectivity index (χ0) is 18.1. The van der Waals surface area contributed by atoms with Crippen LogP contribution in [0.3, 0.4) is 0 Å². The minimum Gasteiger partial charge on any atom is -0.435 e. The maximum absolute atomic E-state index is 11.4. The average molecular weight is 355 g/mol. The van der Waals surface area contributed by atoms with Crippen LogP contribution in [0.4, 0.5) is 4.79 Å². The van der Waals surface area contributed by atoms with E-state index in [-0.39, 0.29) is 19.3 Å². The molecule has 1 saturated carbocycles. The van der Waals surface area contributed by atoms with Crippen LogP contribution in [-0.4, -0.2) is 51.7 Å². The lowest BCUT2D eigenvalue weighted by atomic mass is 9.95. The van der Waals surface area contributed by atoms with Gasteiger partial charge in [-0.1, -0.05) is 19.3 Å². The first-order valence-corrected chi connectivity index (χ1v) is 9.04. The first kappa shape index (κ1) is 19.6. The van der Waals surface area contributed by atoms with Gasteiger partial charge in [-0.05, 0) is 44.0 Å². The highest BCUT2D eigenvalue weighted by Gasteiger charge is 2.19. The summed E-state index contributed by atoms with van der Waals surface area (Å²) in [6.07, 6.45) is 5.03. The molecule has 0 spiro atoms. The molecular formula is C16H29N5O4. The van der Waals surface area contributed by atoms with Crippen LogP contribution in [-0.2, 0) is 20.8 Å². The number of rotatable bonds is 9. The van der Waals surface area contributed by atoms with E-state index in [1.807, 2.05) is 0 Å². The number of nitrogens with zero attached hydrogens (tertiary/aromatic N) is 4. The molecule has 2 atom stereocenters. The molecule has 1 aliphatic rings. The Balaban J connectivity index is 1.73. The van der Waals surface area contributed by atoms with E-state index in [1.165, 1.54) is 36.8 Å². The summed E-state index contributed by atoms with van der Waals surface area (Å²) >= 11 is 0. The minimum atomic E-state index is -0.748. The minimum absolute atomic E-state index is 0.250. The van der Waals surface area contributed by atoms with Gasteiger partial charge in [0.05, 0.1) is 13.2 Å². The van der Waals surface area contributed by atoms with Crippen molar-refractivity contribution in [1.82, 2.24) is 25.5 Å². The molecule has 1 aliphatic carbocycles.